The van der Waals surface area contributed by atoms with Crippen molar-refractivity contribution >= 4 is 34.6 Å². The number of nitrogens with two attached hydrogens (primary N) is 2. The van der Waals surface area contributed by atoms with Crippen LogP contribution < -0.4 is 21.1 Å². The normalized spacial score (nSPS) is 10.9. The molecular weight excluding hydrogens is 450 g/mol. The van der Waals surface area contributed by atoms with Crippen molar-refractivity contribution < 1.29 is 9.84 Å². The second-order valence-electron chi connectivity index (χ2n) is 7.53. The lowest BCUT2D eigenvalue weighted by molar-refractivity contribution is 0.197. The number of nitrogen functional groups attached to an aromatic ring is 2. The van der Waals surface area contributed by atoms with Crippen LogP contribution in [0.25, 0.3) is 10.6 Å². The standard InChI is InChI=1S/C24H27N7O2S/c1-2-6-19-18(28-23(34-19)16-9-10-27-22(13-16)33-12-11-32)15-31(17-7-4-3-5-8-17)24-29-20(25)14-21(26)30-24/h3-5,7-10,13-14,32H,2,6,11-12,15H2,1H3,(H4,25,26,29,30). The number of aromatic nitrogens is 4. The van der Waals surface area contributed by atoms with Gasteiger partial charge in [0.05, 0.1) is 18.8 Å². The Hall–Kier alpha value is -3.76. The summed E-state index contributed by atoms with van der Waals surface area (Å²) in [7, 11) is 0. The van der Waals surface area contributed by atoms with Crippen LogP contribution >= 0.6 is 11.3 Å². The Morgan fingerprint density at radius 1 is 1.03 bits per heavy atom. The van der Waals surface area contributed by atoms with Crippen molar-refractivity contribution in [2.75, 3.05) is 29.6 Å². The van der Waals surface area contributed by atoms with Crippen molar-refractivity contribution in [1.29, 1.82) is 0 Å². The van der Waals surface area contributed by atoms with Crippen LogP contribution in [0.15, 0.2) is 54.7 Å². The lowest BCUT2D eigenvalue weighted by Crippen LogP contribution is -2.21. The first-order chi connectivity index (χ1) is 16.6. The topological polar surface area (TPSA) is 136 Å². The van der Waals surface area contributed by atoms with Crippen molar-refractivity contribution in [2.24, 2.45) is 0 Å². The number of aliphatic hydroxyl groups excluding tert-OH is 1. The SMILES string of the molecule is CCCc1sc(-c2ccnc(OCCO)c2)nc1CN(c1ccccc1)c1nc(N)cc(N)n1. The van der Waals surface area contributed by atoms with Gasteiger partial charge in [-0.3, -0.25) is 0 Å². The third kappa shape index (κ3) is 5.59. The molecule has 0 bridgehead atoms. The molecule has 3 aromatic heterocycles. The zero-order chi connectivity index (χ0) is 23.9. The molecule has 4 aromatic rings. The van der Waals surface area contributed by atoms with Crippen LogP contribution in [0.1, 0.15) is 23.9 Å². The van der Waals surface area contributed by atoms with Gasteiger partial charge in [-0.1, -0.05) is 31.5 Å². The number of aliphatic hydroxyl groups is 1. The molecule has 0 unspecified atom stereocenters. The smallest absolute Gasteiger partial charge is 0.234 e. The van der Waals surface area contributed by atoms with E-state index in [4.69, 9.17) is 26.3 Å². The number of hydrogen-bond donors (Lipinski definition) is 3. The second kappa shape index (κ2) is 10.9. The minimum absolute atomic E-state index is 0.0696. The quantitative estimate of drug-likeness (QED) is 0.311. The molecule has 0 atom stereocenters. The summed E-state index contributed by atoms with van der Waals surface area (Å²) < 4.78 is 5.47. The highest BCUT2D eigenvalue weighted by atomic mass is 32.1. The average molecular weight is 478 g/mol. The van der Waals surface area contributed by atoms with Crippen LogP contribution in [0.4, 0.5) is 23.3 Å². The first kappa shape index (κ1) is 23.4. The van der Waals surface area contributed by atoms with Crippen LogP contribution in [0.2, 0.25) is 0 Å². The van der Waals surface area contributed by atoms with Crippen molar-refractivity contribution in [1.82, 2.24) is 19.9 Å². The highest BCUT2D eigenvalue weighted by molar-refractivity contribution is 7.15. The molecule has 10 heteroatoms. The molecule has 0 aliphatic rings. The number of aryl methyl sites for hydroxylation is 1. The van der Waals surface area contributed by atoms with Crippen LogP contribution in [0.3, 0.4) is 0 Å². The summed E-state index contributed by atoms with van der Waals surface area (Å²) in [4.78, 5) is 21.2. The maximum atomic E-state index is 9.03. The zero-order valence-electron chi connectivity index (χ0n) is 18.9. The Bertz CT molecular complexity index is 1210. The van der Waals surface area contributed by atoms with Crippen molar-refractivity contribution in [2.45, 2.75) is 26.3 Å². The number of pyridine rings is 1. The fraction of sp³-hybridized carbons (Fsp3) is 0.250. The number of thiazole rings is 1. The Balaban J connectivity index is 1.72. The maximum absolute atomic E-state index is 9.03. The van der Waals surface area contributed by atoms with Crippen molar-refractivity contribution in [3.8, 4) is 16.5 Å². The van der Waals surface area contributed by atoms with E-state index in [1.54, 1.807) is 17.5 Å². The molecule has 3 heterocycles. The summed E-state index contributed by atoms with van der Waals surface area (Å²) in [6.45, 7) is 2.72. The molecule has 1 aromatic carbocycles. The molecule has 0 saturated heterocycles. The maximum Gasteiger partial charge on any atom is 0.234 e. The largest absolute Gasteiger partial charge is 0.475 e. The van der Waals surface area contributed by atoms with Gasteiger partial charge in [0, 0.05) is 34.5 Å². The van der Waals surface area contributed by atoms with Crippen LogP contribution in [0.5, 0.6) is 5.88 Å². The molecule has 4 rings (SSSR count). The third-order valence-electron chi connectivity index (χ3n) is 4.95. The van der Waals surface area contributed by atoms with Crippen LogP contribution in [-0.2, 0) is 13.0 Å². The molecule has 0 amide bonds. The monoisotopic (exact) mass is 477 g/mol. The number of anilines is 4. The highest BCUT2D eigenvalue weighted by Gasteiger charge is 2.20. The molecule has 34 heavy (non-hydrogen) atoms. The van der Waals surface area contributed by atoms with E-state index in [9.17, 15) is 0 Å². The minimum atomic E-state index is -0.0696. The van der Waals surface area contributed by atoms with Gasteiger partial charge in [0.15, 0.2) is 0 Å². The number of hydrogen-bond acceptors (Lipinski definition) is 10. The minimum Gasteiger partial charge on any atom is -0.475 e. The third-order valence-corrected chi connectivity index (χ3v) is 6.16. The number of nitrogens with zero attached hydrogens (tertiary/aromatic N) is 5. The fourth-order valence-electron chi connectivity index (χ4n) is 3.45. The van der Waals surface area contributed by atoms with Gasteiger partial charge < -0.3 is 26.2 Å². The number of rotatable bonds is 10. The van der Waals surface area contributed by atoms with E-state index < -0.39 is 0 Å². The molecule has 0 radical (unpaired) electrons. The van der Waals surface area contributed by atoms with E-state index in [0.717, 1.165) is 34.8 Å². The summed E-state index contributed by atoms with van der Waals surface area (Å²) in [6, 6.07) is 15.1. The fourth-order valence-corrected chi connectivity index (χ4v) is 4.62. The average Bonchev–Trinajstić information content (AvgIpc) is 3.24. The lowest BCUT2D eigenvalue weighted by Gasteiger charge is -2.23. The van der Waals surface area contributed by atoms with Gasteiger partial charge in [-0.2, -0.15) is 9.97 Å². The van der Waals surface area contributed by atoms with Crippen LogP contribution in [0, 0.1) is 0 Å². The van der Waals surface area contributed by atoms with Gasteiger partial charge in [-0.15, -0.1) is 11.3 Å². The predicted octanol–water partition coefficient (Wildman–Crippen LogP) is 3.82. The number of benzene rings is 1. The molecule has 0 aliphatic carbocycles. The Kier molecular flexibility index (Phi) is 7.51. The summed E-state index contributed by atoms with van der Waals surface area (Å²) in [6.07, 6.45) is 3.57. The number of para-hydroxylation sites is 1. The van der Waals surface area contributed by atoms with Crippen LogP contribution in [-0.4, -0.2) is 38.3 Å². The molecule has 0 saturated carbocycles. The number of ether oxygens (including phenoxy) is 1. The predicted molar refractivity (Wildman–Crippen MR) is 135 cm³/mol. The van der Waals surface area contributed by atoms with E-state index in [2.05, 4.69) is 21.9 Å². The lowest BCUT2D eigenvalue weighted by atomic mass is 10.2. The van der Waals surface area contributed by atoms with Crippen molar-refractivity contribution in [3.05, 3.63) is 65.3 Å². The summed E-state index contributed by atoms with van der Waals surface area (Å²) in [5.41, 5.74) is 14.7. The summed E-state index contributed by atoms with van der Waals surface area (Å²) >= 11 is 1.65. The van der Waals surface area contributed by atoms with E-state index in [1.165, 1.54) is 10.9 Å². The van der Waals surface area contributed by atoms with E-state index >= 15 is 0 Å². The summed E-state index contributed by atoms with van der Waals surface area (Å²) in [5.74, 6) is 1.49. The first-order valence-corrected chi connectivity index (χ1v) is 11.8. The Morgan fingerprint density at radius 3 is 2.50 bits per heavy atom. The van der Waals surface area contributed by atoms with Gasteiger partial charge in [-0.05, 0) is 24.6 Å². The van der Waals surface area contributed by atoms with Gasteiger partial charge in [0.25, 0.3) is 0 Å². The van der Waals surface area contributed by atoms with E-state index in [-0.39, 0.29) is 13.2 Å². The Morgan fingerprint density at radius 2 is 1.79 bits per heavy atom. The molecule has 5 N–H and O–H groups in total. The Labute approximate surface area is 202 Å². The van der Waals surface area contributed by atoms with Gasteiger partial charge in [0.1, 0.15) is 23.3 Å². The van der Waals surface area contributed by atoms with Gasteiger partial charge >= 0.3 is 0 Å². The molecule has 0 spiro atoms. The molecule has 176 valence electrons. The van der Waals surface area contributed by atoms with Gasteiger partial charge in [0.2, 0.25) is 11.8 Å². The van der Waals surface area contributed by atoms with Crippen molar-refractivity contribution in [3.63, 3.8) is 0 Å². The molecular formula is C24H27N7O2S. The summed E-state index contributed by atoms with van der Waals surface area (Å²) in [5, 5.41) is 9.90. The first-order valence-electron chi connectivity index (χ1n) is 11.0. The zero-order valence-corrected chi connectivity index (χ0v) is 19.7. The van der Waals surface area contributed by atoms with E-state index in [0.29, 0.717) is 30.0 Å². The highest BCUT2D eigenvalue weighted by Crippen LogP contribution is 2.33. The van der Waals surface area contributed by atoms with E-state index in [1.807, 2.05) is 47.4 Å². The molecule has 0 aliphatic heterocycles. The molecule has 0 fully saturated rings. The van der Waals surface area contributed by atoms with Gasteiger partial charge in [-0.25, -0.2) is 9.97 Å². The molecule has 9 nitrogen and oxygen atoms in total. The second-order valence-corrected chi connectivity index (χ2v) is 8.62.